The fourth-order valence-electron chi connectivity index (χ4n) is 3.69. The fourth-order valence-corrected chi connectivity index (χ4v) is 4.18. The predicted molar refractivity (Wildman–Crippen MR) is 91.7 cm³/mol. The summed E-state index contributed by atoms with van der Waals surface area (Å²) in [6.07, 6.45) is 5.88. The van der Waals surface area contributed by atoms with Crippen molar-refractivity contribution >= 4 is 21.6 Å². The maximum Gasteiger partial charge on any atom is 0.0554 e. The number of hydrogen-bond donors (Lipinski definition) is 1. The smallest absolute Gasteiger partial charge is 0.0554 e. The van der Waals surface area contributed by atoms with E-state index in [1.54, 1.807) is 0 Å². The second-order valence-corrected chi connectivity index (χ2v) is 6.94. The second kappa shape index (κ2) is 5.03. The Bertz CT molecular complexity index is 702. The molecule has 0 bridgehead atoms. The molecule has 2 aromatic carbocycles. The lowest BCUT2D eigenvalue weighted by atomic mass is 9.77. The van der Waals surface area contributed by atoms with Crippen molar-refractivity contribution in [1.29, 1.82) is 0 Å². The van der Waals surface area contributed by atoms with E-state index in [1.807, 2.05) is 0 Å². The summed E-state index contributed by atoms with van der Waals surface area (Å²) < 4.78 is 1.16. The summed E-state index contributed by atoms with van der Waals surface area (Å²) in [5.74, 6) is 1.15. The molecule has 1 aliphatic heterocycles. The molecule has 1 N–H and O–H groups in total. The van der Waals surface area contributed by atoms with E-state index in [-0.39, 0.29) is 0 Å². The van der Waals surface area contributed by atoms with E-state index < -0.39 is 0 Å². The normalized spacial score (nSPS) is 26.1. The fraction of sp³-hybridized carbons (Fsp3) is 0.263. The van der Waals surface area contributed by atoms with Crippen LogP contribution >= 0.6 is 15.9 Å². The van der Waals surface area contributed by atoms with Crippen molar-refractivity contribution in [2.24, 2.45) is 5.92 Å². The molecule has 0 spiro atoms. The minimum Gasteiger partial charge on any atom is -0.377 e. The third kappa shape index (κ3) is 2.13. The number of fused-ring (bicyclic) bond motifs is 3. The van der Waals surface area contributed by atoms with E-state index in [4.69, 9.17) is 0 Å². The largest absolute Gasteiger partial charge is 0.377 e. The standard InChI is InChI=1S/C19H18BrN/c1-12-8-10-13(11-9-12)18-15-5-2-4-14(15)16-6-3-7-17(20)19(16)21-18/h2-4,6-11,14-15,18,21H,5H2,1H3/t14-,15+,18+/m1/s1. The Kier molecular flexibility index (Phi) is 3.15. The Morgan fingerprint density at radius 2 is 1.90 bits per heavy atom. The van der Waals surface area contributed by atoms with Crippen molar-refractivity contribution in [3.05, 3.63) is 75.8 Å². The molecule has 1 nitrogen and oxygen atoms in total. The van der Waals surface area contributed by atoms with Crippen molar-refractivity contribution in [1.82, 2.24) is 0 Å². The lowest BCUT2D eigenvalue weighted by Gasteiger charge is -2.38. The van der Waals surface area contributed by atoms with Crippen LogP contribution in [0.4, 0.5) is 5.69 Å². The minimum absolute atomic E-state index is 0.386. The number of rotatable bonds is 1. The Morgan fingerprint density at radius 1 is 1.10 bits per heavy atom. The highest BCUT2D eigenvalue weighted by Crippen LogP contribution is 2.51. The van der Waals surface area contributed by atoms with E-state index in [1.165, 1.54) is 22.4 Å². The van der Waals surface area contributed by atoms with Crippen LogP contribution < -0.4 is 5.32 Å². The summed E-state index contributed by atoms with van der Waals surface area (Å²) in [5, 5.41) is 3.79. The zero-order valence-electron chi connectivity index (χ0n) is 12.0. The summed E-state index contributed by atoms with van der Waals surface area (Å²) >= 11 is 3.70. The predicted octanol–water partition coefficient (Wildman–Crippen LogP) is 5.58. The molecule has 21 heavy (non-hydrogen) atoms. The van der Waals surface area contributed by atoms with Gasteiger partial charge in [-0.3, -0.25) is 0 Å². The average molecular weight is 340 g/mol. The van der Waals surface area contributed by atoms with Crippen LogP contribution in [0.2, 0.25) is 0 Å². The Labute approximate surface area is 134 Å². The van der Waals surface area contributed by atoms with E-state index >= 15 is 0 Å². The molecule has 0 saturated carbocycles. The van der Waals surface area contributed by atoms with E-state index in [2.05, 4.69) is 82.8 Å². The van der Waals surface area contributed by atoms with E-state index in [0.717, 1.165) is 10.9 Å². The van der Waals surface area contributed by atoms with Crippen LogP contribution in [0.1, 0.15) is 35.1 Å². The highest BCUT2D eigenvalue weighted by Gasteiger charge is 2.38. The Hall–Kier alpha value is -1.54. The van der Waals surface area contributed by atoms with Crippen molar-refractivity contribution in [3.63, 3.8) is 0 Å². The number of anilines is 1. The molecular weight excluding hydrogens is 322 g/mol. The summed E-state index contributed by atoms with van der Waals surface area (Å²) in [5.41, 5.74) is 5.39. The number of allylic oxidation sites excluding steroid dienone is 2. The molecule has 0 aromatic heterocycles. The van der Waals surface area contributed by atoms with Gasteiger partial charge in [-0.05, 0) is 52.4 Å². The molecule has 0 radical (unpaired) electrons. The molecule has 3 atom stereocenters. The second-order valence-electron chi connectivity index (χ2n) is 6.09. The molecule has 2 heteroatoms. The summed E-state index contributed by atoms with van der Waals surface area (Å²) in [6.45, 7) is 2.14. The van der Waals surface area contributed by atoms with Crippen LogP contribution in [0.3, 0.4) is 0 Å². The first kappa shape index (κ1) is 13.1. The quantitative estimate of drug-likeness (QED) is 0.668. The van der Waals surface area contributed by atoms with Gasteiger partial charge in [0.1, 0.15) is 0 Å². The lowest BCUT2D eigenvalue weighted by molar-refractivity contribution is 0.425. The first-order valence-electron chi connectivity index (χ1n) is 7.52. The molecule has 0 fully saturated rings. The Morgan fingerprint density at radius 3 is 2.71 bits per heavy atom. The molecule has 2 aliphatic rings. The first-order valence-corrected chi connectivity index (χ1v) is 8.31. The van der Waals surface area contributed by atoms with E-state index in [9.17, 15) is 0 Å². The van der Waals surface area contributed by atoms with Gasteiger partial charge in [-0.15, -0.1) is 0 Å². The lowest BCUT2D eigenvalue weighted by Crippen LogP contribution is -2.29. The third-order valence-electron chi connectivity index (χ3n) is 4.78. The maximum atomic E-state index is 3.79. The van der Waals surface area contributed by atoms with Crippen molar-refractivity contribution < 1.29 is 0 Å². The van der Waals surface area contributed by atoms with Gasteiger partial charge in [0, 0.05) is 10.4 Å². The number of halogens is 1. The van der Waals surface area contributed by atoms with Gasteiger partial charge < -0.3 is 5.32 Å². The minimum atomic E-state index is 0.386. The van der Waals surface area contributed by atoms with Crippen LogP contribution in [0.25, 0.3) is 0 Å². The van der Waals surface area contributed by atoms with Gasteiger partial charge in [0.15, 0.2) is 0 Å². The molecule has 0 unspecified atom stereocenters. The number of para-hydroxylation sites is 1. The molecule has 0 amide bonds. The molecule has 1 aliphatic carbocycles. The van der Waals surface area contributed by atoms with Crippen LogP contribution in [-0.2, 0) is 0 Å². The first-order chi connectivity index (χ1) is 10.2. The van der Waals surface area contributed by atoms with E-state index in [0.29, 0.717) is 17.9 Å². The summed E-state index contributed by atoms with van der Waals surface area (Å²) in [6, 6.07) is 15.9. The van der Waals surface area contributed by atoms with Gasteiger partial charge in [-0.1, -0.05) is 54.1 Å². The average Bonchev–Trinajstić information content (AvgIpc) is 2.98. The van der Waals surface area contributed by atoms with Gasteiger partial charge in [0.25, 0.3) is 0 Å². The highest BCUT2D eigenvalue weighted by atomic mass is 79.9. The van der Waals surface area contributed by atoms with Crippen molar-refractivity contribution in [3.8, 4) is 0 Å². The zero-order chi connectivity index (χ0) is 14.4. The van der Waals surface area contributed by atoms with Crippen LogP contribution in [0, 0.1) is 12.8 Å². The highest BCUT2D eigenvalue weighted by molar-refractivity contribution is 9.10. The van der Waals surface area contributed by atoms with Gasteiger partial charge in [-0.25, -0.2) is 0 Å². The van der Waals surface area contributed by atoms with Gasteiger partial charge >= 0.3 is 0 Å². The topological polar surface area (TPSA) is 12.0 Å². The zero-order valence-corrected chi connectivity index (χ0v) is 13.6. The third-order valence-corrected chi connectivity index (χ3v) is 5.44. The number of nitrogens with one attached hydrogen (secondary N) is 1. The van der Waals surface area contributed by atoms with Crippen molar-refractivity contribution in [2.75, 3.05) is 5.32 Å². The molecule has 0 saturated heterocycles. The number of benzene rings is 2. The van der Waals surface area contributed by atoms with Gasteiger partial charge in [0.2, 0.25) is 0 Å². The molecule has 2 aromatic rings. The molecule has 4 rings (SSSR count). The number of hydrogen-bond acceptors (Lipinski definition) is 1. The SMILES string of the molecule is Cc1ccc([C@@H]2Nc3c(Br)cccc3[C@@H]3C=CC[C@@H]32)cc1. The van der Waals surface area contributed by atoms with Gasteiger partial charge in [0.05, 0.1) is 11.7 Å². The maximum absolute atomic E-state index is 3.79. The van der Waals surface area contributed by atoms with Gasteiger partial charge in [-0.2, -0.15) is 0 Å². The molecular formula is C19H18BrN. The van der Waals surface area contributed by atoms with Crippen LogP contribution in [0.5, 0.6) is 0 Å². The van der Waals surface area contributed by atoms with Crippen molar-refractivity contribution in [2.45, 2.75) is 25.3 Å². The molecule has 106 valence electrons. The number of aryl methyl sites for hydroxylation is 1. The summed E-state index contributed by atoms with van der Waals surface area (Å²) in [7, 11) is 0. The monoisotopic (exact) mass is 339 g/mol. The van der Waals surface area contributed by atoms with Crippen LogP contribution in [-0.4, -0.2) is 0 Å². The summed E-state index contributed by atoms with van der Waals surface area (Å²) in [4.78, 5) is 0. The molecule has 1 heterocycles. The van der Waals surface area contributed by atoms with Crippen LogP contribution in [0.15, 0.2) is 59.1 Å². The Balaban J connectivity index is 1.81.